The van der Waals surface area contributed by atoms with Crippen LogP contribution in [0.25, 0.3) is 17.0 Å². The zero-order chi connectivity index (χ0) is 22.7. The Bertz CT molecular complexity index is 1240. The molecule has 4 aromatic rings. The number of furan rings is 1. The number of aromatic nitrogens is 2. The zero-order valence-electron chi connectivity index (χ0n) is 17.6. The van der Waals surface area contributed by atoms with Crippen molar-refractivity contribution >= 4 is 17.5 Å². The number of ether oxygens (including phenoxy) is 1. The molecule has 4 rings (SSSR count). The molecule has 0 spiro atoms. The van der Waals surface area contributed by atoms with Crippen LogP contribution in [0.1, 0.15) is 23.0 Å². The Labute approximate surface area is 184 Å². The Kier molecular flexibility index (Phi) is 5.76. The third-order valence-corrected chi connectivity index (χ3v) is 4.82. The summed E-state index contributed by atoms with van der Waals surface area (Å²) in [5.41, 5.74) is 8.29. The molecule has 0 saturated heterocycles. The summed E-state index contributed by atoms with van der Waals surface area (Å²) < 4.78 is 12.9. The second kappa shape index (κ2) is 8.81. The van der Waals surface area contributed by atoms with E-state index in [0.717, 1.165) is 16.8 Å². The number of benzene rings is 2. The lowest BCUT2D eigenvalue weighted by Gasteiger charge is -2.13. The SMILES string of the molecule is Cc1cn(-c2ccccc2)nc1OC(C)C(=O)Nc1ccc(-c2ccc(C(N)=O)o2)cc1. The van der Waals surface area contributed by atoms with Gasteiger partial charge in [-0.05, 0) is 62.4 Å². The van der Waals surface area contributed by atoms with Crippen molar-refractivity contribution < 1.29 is 18.7 Å². The highest BCUT2D eigenvalue weighted by molar-refractivity contribution is 5.94. The number of nitrogens with two attached hydrogens (primary N) is 1. The lowest BCUT2D eigenvalue weighted by molar-refractivity contribution is -0.122. The number of carbonyl (C=O) groups is 2. The average molecular weight is 430 g/mol. The third-order valence-electron chi connectivity index (χ3n) is 4.82. The molecule has 1 atom stereocenters. The van der Waals surface area contributed by atoms with Crippen molar-refractivity contribution in [3.8, 4) is 22.9 Å². The molecule has 1 unspecified atom stereocenters. The number of amides is 2. The van der Waals surface area contributed by atoms with Gasteiger partial charge in [0.05, 0.1) is 5.69 Å². The van der Waals surface area contributed by atoms with Crippen LogP contribution < -0.4 is 15.8 Å². The Morgan fingerprint density at radius 1 is 1.06 bits per heavy atom. The molecule has 8 nitrogen and oxygen atoms in total. The van der Waals surface area contributed by atoms with Gasteiger partial charge in [0.25, 0.3) is 11.8 Å². The van der Waals surface area contributed by atoms with Crippen molar-refractivity contribution in [1.29, 1.82) is 0 Å². The number of rotatable bonds is 7. The van der Waals surface area contributed by atoms with Crippen LogP contribution in [-0.2, 0) is 4.79 Å². The predicted molar refractivity (Wildman–Crippen MR) is 120 cm³/mol. The number of hydrogen-bond donors (Lipinski definition) is 2. The smallest absolute Gasteiger partial charge is 0.284 e. The average Bonchev–Trinajstić information content (AvgIpc) is 3.42. The molecule has 8 heteroatoms. The highest BCUT2D eigenvalue weighted by Gasteiger charge is 2.18. The molecule has 2 amide bonds. The summed E-state index contributed by atoms with van der Waals surface area (Å²) >= 11 is 0. The molecular formula is C24H22N4O4. The number of aryl methyl sites for hydroxylation is 1. The number of anilines is 1. The first kappa shape index (κ1) is 20.9. The fourth-order valence-corrected chi connectivity index (χ4v) is 3.08. The molecule has 0 saturated carbocycles. The second-order valence-corrected chi connectivity index (χ2v) is 7.25. The van der Waals surface area contributed by atoms with Gasteiger partial charge in [-0.15, -0.1) is 5.10 Å². The van der Waals surface area contributed by atoms with Gasteiger partial charge in [-0.1, -0.05) is 18.2 Å². The van der Waals surface area contributed by atoms with E-state index in [9.17, 15) is 9.59 Å². The van der Waals surface area contributed by atoms with Crippen LogP contribution in [0, 0.1) is 6.92 Å². The van der Waals surface area contributed by atoms with E-state index in [0.29, 0.717) is 17.3 Å². The highest BCUT2D eigenvalue weighted by atomic mass is 16.5. The quantitative estimate of drug-likeness (QED) is 0.461. The first-order valence-electron chi connectivity index (χ1n) is 10.00. The molecule has 2 heterocycles. The number of nitrogens with zero attached hydrogens (tertiary/aromatic N) is 2. The summed E-state index contributed by atoms with van der Waals surface area (Å²) in [7, 11) is 0. The van der Waals surface area contributed by atoms with Crippen molar-refractivity contribution in [2.75, 3.05) is 5.32 Å². The van der Waals surface area contributed by atoms with Gasteiger partial charge in [0, 0.05) is 23.0 Å². The molecule has 162 valence electrons. The summed E-state index contributed by atoms with van der Waals surface area (Å²) in [4.78, 5) is 23.8. The maximum Gasteiger partial charge on any atom is 0.284 e. The Balaban J connectivity index is 1.39. The molecule has 0 radical (unpaired) electrons. The predicted octanol–water partition coefficient (Wildman–Crippen LogP) is 3.95. The largest absolute Gasteiger partial charge is 0.463 e. The van der Waals surface area contributed by atoms with Crippen molar-refractivity contribution in [3.63, 3.8) is 0 Å². The minimum atomic E-state index is -0.754. The topological polar surface area (TPSA) is 112 Å². The summed E-state index contributed by atoms with van der Waals surface area (Å²) in [5.74, 6) is 0.0690. The molecule has 0 aliphatic rings. The molecule has 0 aliphatic carbocycles. The van der Waals surface area contributed by atoms with Gasteiger partial charge in [-0.3, -0.25) is 9.59 Å². The van der Waals surface area contributed by atoms with Gasteiger partial charge in [-0.2, -0.15) is 0 Å². The Morgan fingerprint density at radius 2 is 1.78 bits per heavy atom. The minimum Gasteiger partial charge on any atom is -0.463 e. The van der Waals surface area contributed by atoms with E-state index in [1.165, 1.54) is 6.07 Å². The highest BCUT2D eigenvalue weighted by Crippen LogP contribution is 2.24. The van der Waals surface area contributed by atoms with Gasteiger partial charge in [0.2, 0.25) is 5.88 Å². The van der Waals surface area contributed by atoms with Crippen LogP contribution in [-0.4, -0.2) is 27.7 Å². The fraction of sp³-hybridized carbons (Fsp3) is 0.125. The normalized spacial score (nSPS) is 11.7. The second-order valence-electron chi connectivity index (χ2n) is 7.25. The van der Waals surface area contributed by atoms with Gasteiger partial charge >= 0.3 is 0 Å². The minimum absolute atomic E-state index is 0.0911. The van der Waals surface area contributed by atoms with Crippen LogP contribution >= 0.6 is 0 Å². The molecule has 2 aromatic heterocycles. The molecule has 0 fully saturated rings. The van der Waals surface area contributed by atoms with E-state index >= 15 is 0 Å². The Hall–Kier alpha value is -4.33. The van der Waals surface area contributed by atoms with E-state index < -0.39 is 12.0 Å². The maximum absolute atomic E-state index is 12.6. The summed E-state index contributed by atoms with van der Waals surface area (Å²) in [6, 6.07) is 19.9. The van der Waals surface area contributed by atoms with Gasteiger partial charge in [0.15, 0.2) is 11.9 Å². The van der Waals surface area contributed by atoms with Crippen molar-refractivity contribution in [2.24, 2.45) is 5.73 Å². The van der Waals surface area contributed by atoms with Crippen molar-refractivity contribution in [3.05, 3.63) is 84.3 Å². The van der Waals surface area contributed by atoms with Crippen LogP contribution in [0.15, 0.2) is 77.3 Å². The van der Waals surface area contributed by atoms with E-state index in [-0.39, 0.29) is 11.7 Å². The molecule has 32 heavy (non-hydrogen) atoms. The van der Waals surface area contributed by atoms with Crippen LogP contribution in [0.2, 0.25) is 0 Å². The molecule has 0 bridgehead atoms. The van der Waals surface area contributed by atoms with Crippen LogP contribution in [0.5, 0.6) is 5.88 Å². The monoisotopic (exact) mass is 430 g/mol. The first-order chi connectivity index (χ1) is 15.4. The fourth-order valence-electron chi connectivity index (χ4n) is 3.08. The molecular weight excluding hydrogens is 408 g/mol. The van der Waals surface area contributed by atoms with Crippen LogP contribution in [0.4, 0.5) is 5.69 Å². The van der Waals surface area contributed by atoms with Crippen molar-refractivity contribution in [2.45, 2.75) is 20.0 Å². The number of hydrogen-bond acceptors (Lipinski definition) is 5. The lowest BCUT2D eigenvalue weighted by atomic mass is 10.1. The van der Waals surface area contributed by atoms with E-state index in [1.807, 2.05) is 43.5 Å². The van der Waals surface area contributed by atoms with E-state index in [2.05, 4.69) is 10.4 Å². The van der Waals surface area contributed by atoms with Gasteiger partial charge in [0.1, 0.15) is 5.76 Å². The summed E-state index contributed by atoms with van der Waals surface area (Å²) in [5, 5.41) is 7.26. The Morgan fingerprint density at radius 3 is 2.44 bits per heavy atom. The maximum atomic E-state index is 12.6. The molecule has 2 aromatic carbocycles. The van der Waals surface area contributed by atoms with Crippen molar-refractivity contribution in [1.82, 2.24) is 9.78 Å². The van der Waals surface area contributed by atoms with Gasteiger partial charge < -0.3 is 20.2 Å². The number of para-hydroxylation sites is 1. The van der Waals surface area contributed by atoms with Gasteiger partial charge in [-0.25, -0.2) is 4.68 Å². The third kappa shape index (κ3) is 4.54. The molecule has 3 N–H and O–H groups in total. The van der Waals surface area contributed by atoms with E-state index in [4.69, 9.17) is 14.9 Å². The van der Waals surface area contributed by atoms with Crippen LogP contribution in [0.3, 0.4) is 0 Å². The lowest BCUT2D eigenvalue weighted by Crippen LogP contribution is -2.30. The number of nitrogens with one attached hydrogen (secondary N) is 1. The summed E-state index contributed by atoms with van der Waals surface area (Å²) in [6.07, 6.45) is 1.10. The number of primary amides is 1. The molecule has 0 aliphatic heterocycles. The standard InChI is InChI=1S/C24H22N4O4/c1-15-14-28(19-6-4-3-5-7-19)27-24(15)31-16(2)23(30)26-18-10-8-17(9-11-18)20-12-13-21(32-20)22(25)29/h3-14,16H,1-2H3,(H2,25,29)(H,26,30). The van der Waals surface area contributed by atoms with E-state index in [1.54, 1.807) is 41.9 Å². The first-order valence-corrected chi connectivity index (χ1v) is 10.00. The summed E-state index contributed by atoms with van der Waals surface area (Å²) in [6.45, 7) is 3.54. The zero-order valence-corrected chi connectivity index (χ0v) is 17.6. The number of carbonyl (C=O) groups excluding carboxylic acids is 2.